The van der Waals surface area contributed by atoms with Gasteiger partial charge in [-0.05, 0) is 74.9 Å². The molecule has 6 heterocycles. The van der Waals surface area contributed by atoms with Crippen LogP contribution in [0, 0.1) is 25.5 Å². The maximum atomic E-state index is 13.7. The van der Waals surface area contributed by atoms with E-state index in [1.807, 2.05) is 10.8 Å². The third-order valence-corrected chi connectivity index (χ3v) is 7.60. The van der Waals surface area contributed by atoms with Crippen molar-refractivity contribution in [3.63, 3.8) is 0 Å². The number of aromatic amines is 1. The van der Waals surface area contributed by atoms with Crippen LogP contribution < -0.4 is 15.8 Å². The minimum atomic E-state index is -0.501. The third kappa shape index (κ3) is 7.63. The van der Waals surface area contributed by atoms with Crippen molar-refractivity contribution >= 4 is 64.0 Å². The summed E-state index contributed by atoms with van der Waals surface area (Å²) in [6.07, 6.45) is 0. The van der Waals surface area contributed by atoms with Gasteiger partial charge in [-0.25, -0.2) is 18.7 Å². The van der Waals surface area contributed by atoms with E-state index in [-0.39, 0.29) is 39.7 Å². The topological polar surface area (TPSA) is 144 Å². The van der Waals surface area contributed by atoms with Gasteiger partial charge in [0.15, 0.2) is 11.6 Å². The van der Waals surface area contributed by atoms with E-state index in [4.69, 9.17) is 5.02 Å². The Labute approximate surface area is 262 Å². The number of H-pyrrole nitrogens is 1. The minimum absolute atomic E-state index is 0.0116. The smallest absolute Gasteiger partial charge is 0.537 e. The SMILES string of the molecule is CC(=O)c1cc2cc(F)c(C)nc2[nH]c1=O.CC(=O)c1cc2cc(F)c(C)nc2n(-c2ccsc2)c1=O.O[B]Oc1ccsc1. The highest BCUT2D eigenvalue weighted by molar-refractivity contribution is 7.08. The van der Waals surface area contributed by atoms with Gasteiger partial charge in [-0.2, -0.15) is 11.3 Å². The van der Waals surface area contributed by atoms with Crippen LogP contribution in [0.3, 0.4) is 0 Å². The number of rotatable bonds is 5. The van der Waals surface area contributed by atoms with Gasteiger partial charge in [0.05, 0.1) is 28.2 Å². The van der Waals surface area contributed by atoms with Gasteiger partial charge < -0.3 is 14.7 Å². The molecular weight excluding hydrogens is 625 g/mol. The number of nitrogens with one attached hydrogen (secondary N) is 1. The van der Waals surface area contributed by atoms with E-state index in [0.717, 1.165) is 0 Å². The zero-order chi connectivity index (χ0) is 32.8. The highest BCUT2D eigenvalue weighted by atomic mass is 32.1. The average molecular weight is 649 g/mol. The van der Waals surface area contributed by atoms with Crippen LogP contribution in [-0.2, 0) is 0 Å². The fraction of sp³-hybridized carbons (Fsp3) is 0.133. The molecule has 0 aliphatic rings. The van der Waals surface area contributed by atoms with Crippen LogP contribution >= 0.6 is 22.7 Å². The largest absolute Gasteiger partial charge is 0.569 e. The van der Waals surface area contributed by atoms with Gasteiger partial charge in [0.1, 0.15) is 28.7 Å². The van der Waals surface area contributed by atoms with Crippen LogP contribution in [0.15, 0.2) is 67.5 Å². The van der Waals surface area contributed by atoms with Crippen LogP contribution in [-0.4, -0.2) is 43.8 Å². The number of halogens is 2. The predicted molar refractivity (Wildman–Crippen MR) is 170 cm³/mol. The molecule has 6 rings (SSSR count). The molecule has 15 heteroatoms. The Morgan fingerprint density at radius 3 is 2.07 bits per heavy atom. The molecule has 45 heavy (non-hydrogen) atoms. The monoisotopic (exact) mass is 649 g/mol. The molecule has 0 saturated carbocycles. The summed E-state index contributed by atoms with van der Waals surface area (Å²) in [6, 6.07) is 8.84. The first kappa shape index (κ1) is 33.0. The van der Waals surface area contributed by atoms with E-state index < -0.39 is 22.8 Å². The summed E-state index contributed by atoms with van der Waals surface area (Å²) in [7, 11) is 0.669. The van der Waals surface area contributed by atoms with Crippen molar-refractivity contribution in [2.24, 2.45) is 0 Å². The van der Waals surface area contributed by atoms with Gasteiger partial charge in [-0.1, -0.05) is 0 Å². The van der Waals surface area contributed by atoms with E-state index >= 15 is 0 Å². The maximum absolute atomic E-state index is 13.7. The normalized spacial score (nSPS) is 10.5. The molecule has 2 N–H and O–H groups in total. The lowest BCUT2D eigenvalue weighted by Gasteiger charge is -2.10. The zero-order valence-corrected chi connectivity index (χ0v) is 25.9. The molecule has 0 spiro atoms. The second kappa shape index (κ2) is 14.3. The second-order valence-corrected chi connectivity index (χ2v) is 11.0. The summed E-state index contributed by atoms with van der Waals surface area (Å²) in [5.41, 5.74) is 0.773. The first-order chi connectivity index (χ1) is 21.4. The lowest BCUT2D eigenvalue weighted by molar-refractivity contribution is 0.100. The molecule has 0 aliphatic heterocycles. The standard InChI is InChI=1S/C15H11FN2O2S.C11H9FN2O2.C4H4BO2S/c1-8-13(16)6-10-5-12(9(2)19)15(20)18(14(10)17-8)11-3-4-21-7-11;1-5-9(12)4-7-3-8(6(2)15)11(16)14-10(7)13-5;6-5-7-4-1-2-8-3-4/h3-7H,1-2H3;3-4H,1-2H3,(H,13,14,16);1-3,6H. The number of thiophene rings is 2. The summed E-state index contributed by atoms with van der Waals surface area (Å²) in [6.45, 7) is 5.65. The number of nitrogens with zero attached hydrogens (tertiary/aromatic N) is 3. The Balaban J connectivity index is 0.000000169. The van der Waals surface area contributed by atoms with E-state index in [9.17, 15) is 28.0 Å². The van der Waals surface area contributed by atoms with E-state index in [1.54, 1.807) is 22.9 Å². The fourth-order valence-electron chi connectivity index (χ4n) is 4.02. The highest BCUT2D eigenvalue weighted by Crippen LogP contribution is 2.21. The number of aryl methyl sites for hydroxylation is 2. The van der Waals surface area contributed by atoms with Crippen LogP contribution in [0.5, 0.6) is 5.75 Å². The van der Waals surface area contributed by atoms with Gasteiger partial charge >= 0.3 is 7.69 Å². The van der Waals surface area contributed by atoms with E-state index in [2.05, 4.69) is 19.6 Å². The molecule has 1 radical (unpaired) electrons. The Hall–Kier alpha value is -4.86. The van der Waals surface area contributed by atoms with Crippen molar-refractivity contribution in [1.29, 1.82) is 0 Å². The molecule has 6 aromatic heterocycles. The van der Waals surface area contributed by atoms with E-state index in [0.29, 0.717) is 35.5 Å². The van der Waals surface area contributed by atoms with Gasteiger partial charge in [0.25, 0.3) is 11.1 Å². The van der Waals surface area contributed by atoms with Crippen molar-refractivity contribution in [2.45, 2.75) is 27.7 Å². The Morgan fingerprint density at radius 2 is 1.49 bits per heavy atom. The Bertz CT molecular complexity index is 2130. The molecule has 0 bridgehead atoms. The summed E-state index contributed by atoms with van der Waals surface area (Å²) in [4.78, 5) is 57.3. The summed E-state index contributed by atoms with van der Waals surface area (Å²) in [5, 5.41) is 16.2. The molecule has 229 valence electrons. The van der Waals surface area contributed by atoms with Crippen molar-refractivity contribution in [1.82, 2.24) is 19.5 Å². The third-order valence-electron chi connectivity index (χ3n) is 6.27. The molecule has 0 fully saturated rings. The fourth-order valence-corrected chi connectivity index (χ4v) is 5.20. The minimum Gasteiger partial charge on any atom is -0.537 e. The number of hydrogen-bond donors (Lipinski definition) is 2. The number of fused-ring (bicyclic) bond motifs is 2. The predicted octanol–water partition coefficient (Wildman–Crippen LogP) is 5.32. The Kier molecular flexibility index (Phi) is 10.5. The number of hydrogen-bond acceptors (Lipinski definition) is 10. The van der Waals surface area contributed by atoms with Crippen LogP contribution in [0.4, 0.5) is 8.78 Å². The first-order valence-electron chi connectivity index (χ1n) is 13.0. The van der Waals surface area contributed by atoms with E-state index in [1.165, 1.54) is 79.2 Å². The number of carbonyl (C=O) groups excluding carboxylic acids is 2. The molecule has 0 aliphatic carbocycles. The Morgan fingerprint density at radius 1 is 0.889 bits per heavy atom. The van der Waals surface area contributed by atoms with Crippen molar-refractivity contribution in [2.75, 3.05) is 0 Å². The average Bonchev–Trinajstić information content (AvgIpc) is 3.70. The summed E-state index contributed by atoms with van der Waals surface area (Å²) in [5.74, 6) is -0.963. The first-order valence-corrected chi connectivity index (χ1v) is 14.9. The highest BCUT2D eigenvalue weighted by Gasteiger charge is 2.17. The van der Waals surface area contributed by atoms with Gasteiger partial charge in [-0.15, -0.1) is 11.3 Å². The number of Topliss-reactive ketones (excluding diaryl/α,β-unsaturated/α-hetero) is 2. The molecule has 10 nitrogen and oxygen atoms in total. The molecule has 6 aromatic rings. The van der Waals surface area contributed by atoms with Crippen molar-refractivity contribution < 1.29 is 28.0 Å². The number of ketones is 2. The summed E-state index contributed by atoms with van der Waals surface area (Å²) < 4.78 is 32.9. The lowest BCUT2D eigenvalue weighted by atomic mass is 10.1. The summed E-state index contributed by atoms with van der Waals surface area (Å²) >= 11 is 2.95. The number of aromatic nitrogens is 4. The molecule has 0 saturated heterocycles. The van der Waals surface area contributed by atoms with Crippen molar-refractivity contribution in [3.8, 4) is 11.4 Å². The molecule has 0 atom stereocenters. The molecular formula is C30H24BF2N4O6S2. The van der Waals surface area contributed by atoms with Gasteiger partial charge in [0, 0.05) is 21.5 Å². The molecule has 0 aromatic carbocycles. The number of carbonyl (C=O) groups is 2. The second-order valence-electron chi connectivity index (χ2n) is 9.45. The molecule has 0 amide bonds. The lowest BCUT2D eigenvalue weighted by Crippen LogP contribution is -2.25. The maximum Gasteiger partial charge on any atom is 0.569 e. The zero-order valence-electron chi connectivity index (χ0n) is 24.3. The van der Waals surface area contributed by atoms with Gasteiger partial charge in [0.2, 0.25) is 0 Å². The van der Waals surface area contributed by atoms with Crippen LogP contribution in [0.2, 0.25) is 0 Å². The van der Waals surface area contributed by atoms with Gasteiger partial charge in [-0.3, -0.25) is 23.7 Å². The van der Waals surface area contributed by atoms with Crippen LogP contribution in [0.25, 0.3) is 27.8 Å². The quantitative estimate of drug-likeness (QED) is 0.189. The van der Waals surface area contributed by atoms with Crippen LogP contribution in [0.1, 0.15) is 46.0 Å². The van der Waals surface area contributed by atoms with Crippen molar-refractivity contribution in [3.05, 3.63) is 113 Å². The molecule has 0 unspecified atom stereocenters. The number of pyridine rings is 4.